The van der Waals surface area contributed by atoms with Gasteiger partial charge >= 0.3 is 0 Å². The van der Waals surface area contributed by atoms with E-state index in [1.54, 1.807) is 0 Å². The summed E-state index contributed by atoms with van der Waals surface area (Å²) >= 11 is 0. The summed E-state index contributed by atoms with van der Waals surface area (Å²) in [6, 6.07) is 11.4. The molecule has 0 radical (unpaired) electrons. The van der Waals surface area contributed by atoms with Crippen molar-refractivity contribution in [3.8, 4) is 0 Å². The van der Waals surface area contributed by atoms with E-state index < -0.39 is 0 Å². The topological polar surface area (TPSA) is 15.3 Å². The summed E-state index contributed by atoms with van der Waals surface area (Å²) in [6.45, 7) is 9.64. The lowest BCUT2D eigenvalue weighted by atomic mass is 10.0. The van der Waals surface area contributed by atoms with E-state index in [1.807, 2.05) is 0 Å². The number of nitrogens with one attached hydrogen (secondary N) is 1. The van der Waals surface area contributed by atoms with E-state index in [9.17, 15) is 0 Å². The van der Waals surface area contributed by atoms with Gasteiger partial charge in [0.25, 0.3) is 0 Å². The van der Waals surface area contributed by atoms with Crippen molar-refractivity contribution in [3.63, 3.8) is 0 Å². The molecule has 2 nitrogen and oxygen atoms in total. The smallest absolute Gasteiger partial charge is 0.0320 e. The van der Waals surface area contributed by atoms with Gasteiger partial charge in [-0.15, -0.1) is 0 Å². The molecule has 1 aliphatic rings. The van der Waals surface area contributed by atoms with Crippen LogP contribution in [0.1, 0.15) is 57.6 Å². The molecule has 21 heavy (non-hydrogen) atoms. The molecule has 2 atom stereocenters. The SMILES string of the molecule is CCCC(NCC(C)CN1CCCCC1)c1ccccc1. The lowest BCUT2D eigenvalue weighted by molar-refractivity contribution is 0.197. The molecule has 1 saturated heterocycles. The molecule has 1 N–H and O–H groups in total. The Bertz CT molecular complexity index is 370. The Morgan fingerprint density at radius 1 is 1.10 bits per heavy atom. The van der Waals surface area contributed by atoms with Crippen LogP contribution in [0, 0.1) is 5.92 Å². The first-order chi connectivity index (χ1) is 10.3. The van der Waals surface area contributed by atoms with Crippen molar-refractivity contribution in [2.45, 2.75) is 52.0 Å². The Morgan fingerprint density at radius 3 is 2.48 bits per heavy atom. The third kappa shape index (κ3) is 5.80. The van der Waals surface area contributed by atoms with Crippen molar-refractivity contribution in [3.05, 3.63) is 35.9 Å². The van der Waals surface area contributed by atoms with Gasteiger partial charge in [-0.05, 0) is 50.4 Å². The Hall–Kier alpha value is -0.860. The zero-order valence-electron chi connectivity index (χ0n) is 13.9. The number of piperidine rings is 1. The van der Waals surface area contributed by atoms with Crippen molar-refractivity contribution in [2.24, 2.45) is 5.92 Å². The second-order valence-electron chi connectivity index (χ2n) is 6.63. The lowest BCUT2D eigenvalue weighted by Crippen LogP contribution is -2.37. The monoisotopic (exact) mass is 288 g/mol. The van der Waals surface area contributed by atoms with Crippen LogP contribution in [0.3, 0.4) is 0 Å². The van der Waals surface area contributed by atoms with Crippen molar-refractivity contribution in [1.29, 1.82) is 0 Å². The van der Waals surface area contributed by atoms with E-state index >= 15 is 0 Å². The maximum atomic E-state index is 3.80. The summed E-state index contributed by atoms with van der Waals surface area (Å²) in [6.07, 6.45) is 6.66. The quantitative estimate of drug-likeness (QED) is 0.769. The van der Waals surface area contributed by atoms with Crippen LogP contribution in [0.2, 0.25) is 0 Å². The molecule has 1 aliphatic heterocycles. The molecule has 1 fully saturated rings. The molecule has 0 bridgehead atoms. The predicted octanol–water partition coefficient (Wildman–Crippen LogP) is 4.24. The van der Waals surface area contributed by atoms with Crippen LogP contribution in [0.4, 0.5) is 0 Å². The molecule has 0 amide bonds. The van der Waals surface area contributed by atoms with Crippen LogP contribution in [0.25, 0.3) is 0 Å². The van der Waals surface area contributed by atoms with Crippen molar-refractivity contribution < 1.29 is 0 Å². The fraction of sp³-hybridized carbons (Fsp3) is 0.684. The van der Waals surface area contributed by atoms with Gasteiger partial charge in [-0.3, -0.25) is 0 Å². The van der Waals surface area contributed by atoms with Gasteiger partial charge in [0, 0.05) is 12.6 Å². The molecule has 2 unspecified atom stereocenters. The molecule has 1 heterocycles. The average molecular weight is 288 g/mol. The number of hydrogen-bond donors (Lipinski definition) is 1. The Balaban J connectivity index is 1.78. The number of benzene rings is 1. The fourth-order valence-electron chi connectivity index (χ4n) is 3.35. The van der Waals surface area contributed by atoms with Gasteiger partial charge in [0.2, 0.25) is 0 Å². The number of rotatable bonds is 8. The fourth-order valence-corrected chi connectivity index (χ4v) is 3.35. The van der Waals surface area contributed by atoms with Gasteiger partial charge in [-0.25, -0.2) is 0 Å². The van der Waals surface area contributed by atoms with Gasteiger partial charge in [0.15, 0.2) is 0 Å². The lowest BCUT2D eigenvalue weighted by Gasteiger charge is -2.30. The third-order valence-corrected chi connectivity index (χ3v) is 4.51. The standard InChI is InChI=1S/C19H32N2/c1-3-10-19(18-11-6-4-7-12-18)20-15-17(2)16-21-13-8-5-9-14-21/h4,6-7,11-12,17,19-20H,3,5,8-10,13-16H2,1-2H3. The average Bonchev–Trinajstić information content (AvgIpc) is 2.53. The minimum absolute atomic E-state index is 0.514. The van der Waals surface area contributed by atoms with Gasteiger partial charge in [0.1, 0.15) is 0 Å². The normalized spacial score (nSPS) is 19.3. The Kier molecular flexibility index (Phi) is 7.25. The van der Waals surface area contributed by atoms with E-state index in [0.717, 1.165) is 12.5 Å². The third-order valence-electron chi connectivity index (χ3n) is 4.51. The molecule has 118 valence electrons. The first kappa shape index (κ1) is 16.5. The maximum absolute atomic E-state index is 3.80. The zero-order chi connectivity index (χ0) is 14.9. The predicted molar refractivity (Wildman–Crippen MR) is 91.5 cm³/mol. The Morgan fingerprint density at radius 2 is 1.81 bits per heavy atom. The van der Waals surface area contributed by atoms with Crippen LogP contribution >= 0.6 is 0 Å². The van der Waals surface area contributed by atoms with E-state index in [-0.39, 0.29) is 0 Å². The number of likely N-dealkylation sites (tertiary alicyclic amines) is 1. The minimum atomic E-state index is 0.514. The zero-order valence-corrected chi connectivity index (χ0v) is 13.9. The van der Waals surface area contributed by atoms with Crippen LogP contribution < -0.4 is 5.32 Å². The highest BCUT2D eigenvalue weighted by atomic mass is 15.1. The summed E-state index contributed by atoms with van der Waals surface area (Å²) in [4.78, 5) is 2.65. The van der Waals surface area contributed by atoms with Crippen LogP contribution in [-0.4, -0.2) is 31.1 Å². The molecule has 2 rings (SSSR count). The summed E-state index contributed by atoms with van der Waals surface area (Å²) in [5, 5.41) is 3.80. The van der Waals surface area contributed by atoms with Crippen molar-refractivity contribution in [1.82, 2.24) is 10.2 Å². The first-order valence-corrected chi connectivity index (χ1v) is 8.80. The van der Waals surface area contributed by atoms with Crippen LogP contribution in [-0.2, 0) is 0 Å². The van der Waals surface area contributed by atoms with Crippen molar-refractivity contribution in [2.75, 3.05) is 26.2 Å². The van der Waals surface area contributed by atoms with E-state index in [0.29, 0.717) is 6.04 Å². The molecule has 0 saturated carbocycles. The van der Waals surface area contributed by atoms with E-state index in [4.69, 9.17) is 0 Å². The largest absolute Gasteiger partial charge is 0.310 e. The maximum Gasteiger partial charge on any atom is 0.0320 e. The molecule has 1 aromatic rings. The summed E-state index contributed by atoms with van der Waals surface area (Å²) in [7, 11) is 0. The Labute approximate surface area is 130 Å². The van der Waals surface area contributed by atoms with Gasteiger partial charge in [0.05, 0.1) is 0 Å². The van der Waals surface area contributed by atoms with Gasteiger partial charge < -0.3 is 10.2 Å². The highest BCUT2D eigenvalue weighted by Crippen LogP contribution is 2.18. The van der Waals surface area contributed by atoms with E-state index in [2.05, 4.69) is 54.4 Å². The van der Waals surface area contributed by atoms with Crippen molar-refractivity contribution >= 4 is 0 Å². The van der Waals surface area contributed by atoms with Crippen LogP contribution in [0.5, 0.6) is 0 Å². The number of nitrogens with zero attached hydrogens (tertiary/aromatic N) is 1. The van der Waals surface area contributed by atoms with E-state index in [1.165, 1.54) is 57.3 Å². The van der Waals surface area contributed by atoms with Crippen LogP contribution in [0.15, 0.2) is 30.3 Å². The highest BCUT2D eigenvalue weighted by molar-refractivity contribution is 5.18. The second-order valence-corrected chi connectivity index (χ2v) is 6.63. The molecule has 0 aromatic heterocycles. The van der Waals surface area contributed by atoms with Gasteiger partial charge in [-0.2, -0.15) is 0 Å². The molecular weight excluding hydrogens is 256 g/mol. The summed E-state index contributed by atoms with van der Waals surface area (Å²) in [5.74, 6) is 0.728. The molecule has 0 spiro atoms. The van der Waals surface area contributed by atoms with Gasteiger partial charge in [-0.1, -0.05) is 57.0 Å². The number of hydrogen-bond acceptors (Lipinski definition) is 2. The molecule has 2 heteroatoms. The first-order valence-electron chi connectivity index (χ1n) is 8.80. The minimum Gasteiger partial charge on any atom is -0.310 e. The molecule has 0 aliphatic carbocycles. The second kappa shape index (κ2) is 9.22. The molecular formula is C19H32N2. The molecule has 1 aromatic carbocycles. The highest BCUT2D eigenvalue weighted by Gasteiger charge is 2.15. The summed E-state index contributed by atoms with van der Waals surface area (Å²) < 4.78 is 0. The summed E-state index contributed by atoms with van der Waals surface area (Å²) in [5.41, 5.74) is 1.43.